The van der Waals surface area contributed by atoms with Crippen LogP contribution in [-0.2, 0) is 0 Å². The van der Waals surface area contributed by atoms with E-state index in [4.69, 9.17) is 0 Å². The van der Waals surface area contributed by atoms with Crippen LogP contribution in [0, 0.1) is 0 Å². The summed E-state index contributed by atoms with van der Waals surface area (Å²) in [6.07, 6.45) is 5.45. The van der Waals surface area contributed by atoms with Crippen LogP contribution in [0.2, 0.25) is 0 Å². The van der Waals surface area contributed by atoms with E-state index in [-0.39, 0.29) is 0 Å². The van der Waals surface area contributed by atoms with Crippen LogP contribution in [0.5, 0.6) is 0 Å². The van der Waals surface area contributed by atoms with E-state index in [1.165, 1.54) is 0 Å². The highest BCUT2D eigenvalue weighted by Crippen LogP contribution is 2.23. The number of hydrogen-bond donors (Lipinski definition) is 1. The van der Waals surface area contributed by atoms with Crippen LogP contribution >= 0.6 is 0 Å². The summed E-state index contributed by atoms with van der Waals surface area (Å²) in [6.45, 7) is 0. The minimum Gasteiger partial charge on any atom is -0.261 e. The van der Waals surface area contributed by atoms with Crippen molar-refractivity contribution in [1.82, 2.24) is 20.0 Å². The van der Waals surface area contributed by atoms with Gasteiger partial charge >= 0.3 is 0 Å². The number of aromatic amines is 1. The number of aromatic nitrogens is 4. The van der Waals surface area contributed by atoms with E-state index < -0.39 is 0 Å². The largest absolute Gasteiger partial charge is 0.261 e. The first-order valence-electron chi connectivity index (χ1n) is 5.04. The molecule has 2 heterocycles. The predicted octanol–water partition coefficient (Wildman–Crippen LogP) is 2.26. The molecule has 4 heteroatoms. The molecule has 0 aliphatic carbocycles. The Morgan fingerprint density at radius 2 is 1.94 bits per heavy atom. The number of nitrogens with one attached hydrogen (secondary N) is 1. The highest BCUT2D eigenvalue weighted by molar-refractivity contribution is 5.69. The minimum atomic E-state index is 0.885. The summed E-state index contributed by atoms with van der Waals surface area (Å²) >= 11 is 0. The average Bonchev–Trinajstić information content (AvgIpc) is 3.01. The van der Waals surface area contributed by atoms with Crippen molar-refractivity contribution >= 4 is 0 Å². The van der Waals surface area contributed by atoms with Crippen molar-refractivity contribution in [2.24, 2.45) is 0 Å². The molecule has 0 radical (unpaired) electrons. The van der Waals surface area contributed by atoms with E-state index in [0.717, 1.165) is 16.9 Å². The van der Waals surface area contributed by atoms with Crippen molar-refractivity contribution in [3.8, 4) is 16.9 Å². The maximum Gasteiger partial charge on any atom is 0.157 e. The Bertz CT molecular complexity index is 566. The Labute approximate surface area is 92.6 Å². The maximum atomic E-state index is 4.19. The first kappa shape index (κ1) is 8.91. The molecule has 2 aromatic heterocycles. The zero-order valence-electron chi connectivity index (χ0n) is 8.54. The Morgan fingerprint density at radius 3 is 2.69 bits per heavy atom. The highest BCUT2D eigenvalue weighted by atomic mass is 15.3. The Kier molecular flexibility index (Phi) is 2.04. The number of H-pyrrole nitrogens is 1. The van der Waals surface area contributed by atoms with Gasteiger partial charge in [-0.1, -0.05) is 30.3 Å². The SMILES string of the molecule is c1ccc(-c2cn[nH]c2-n2cccn2)cc1. The Morgan fingerprint density at radius 1 is 1.06 bits per heavy atom. The molecular formula is C12H10N4. The molecule has 0 saturated heterocycles. The topological polar surface area (TPSA) is 46.5 Å². The molecule has 78 valence electrons. The van der Waals surface area contributed by atoms with Crippen LogP contribution in [-0.4, -0.2) is 20.0 Å². The third kappa shape index (κ3) is 1.40. The monoisotopic (exact) mass is 210 g/mol. The number of benzene rings is 1. The summed E-state index contributed by atoms with van der Waals surface area (Å²) in [5.41, 5.74) is 2.17. The lowest BCUT2D eigenvalue weighted by Crippen LogP contribution is -1.96. The van der Waals surface area contributed by atoms with Crippen molar-refractivity contribution in [2.45, 2.75) is 0 Å². The number of nitrogens with zero attached hydrogens (tertiary/aromatic N) is 3. The first-order chi connectivity index (χ1) is 7.95. The fourth-order valence-electron chi connectivity index (χ4n) is 1.68. The van der Waals surface area contributed by atoms with Crippen LogP contribution < -0.4 is 0 Å². The van der Waals surface area contributed by atoms with E-state index >= 15 is 0 Å². The summed E-state index contributed by atoms with van der Waals surface area (Å²) in [5.74, 6) is 0.885. The molecule has 0 aliphatic heterocycles. The smallest absolute Gasteiger partial charge is 0.157 e. The molecule has 3 rings (SSSR count). The second-order valence-corrected chi connectivity index (χ2v) is 3.45. The van der Waals surface area contributed by atoms with E-state index in [0.29, 0.717) is 0 Å². The van der Waals surface area contributed by atoms with Gasteiger partial charge < -0.3 is 0 Å². The zero-order valence-corrected chi connectivity index (χ0v) is 8.54. The Balaban J connectivity index is 2.14. The van der Waals surface area contributed by atoms with Crippen molar-refractivity contribution < 1.29 is 0 Å². The molecule has 1 N–H and O–H groups in total. The van der Waals surface area contributed by atoms with Gasteiger partial charge in [-0.15, -0.1) is 0 Å². The molecule has 0 fully saturated rings. The van der Waals surface area contributed by atoms with E-state index in [2.05, 4.69) is 27.4 Å². The molecule has 0 spiro atoms. The van der Waals surface area contributed by atoms with Gasteiger partial charge in [-0.2, -0.15) is 10.2 Å². The average molecular weight is 210 g/mol. The molecule has 3 aromatic rings. The van der Waals surface area contributed by atoms with Crippen molar-refractivity contribution in [3.05, 3.63) is 55.0 Å². The van der Waals surface area contributed by atoms with E-state index in [1.807, 2.05) is 36.7 Å². The second-order valence-electron chi connectivity index (χ2n) is 3.45. The lowest BCUT2D eigenvalue weighted by atomic mass is 10.1. The van der Waals surface area contributed by atoms with Crippen LogP contribution in [0.3, 0.4) is 0 Å². The molecule has 16 heavy (non-hydrogen) atoms. The van der Waals surface area contributed by atoms with Gasteiger partial charge in [0.2, 0.25) is 0 Å². The molecule has 0 bridgehead atoms. The normalized spacial score (nSPS) is 10.5. The predicted molar refractivity (Wildman–Crippen MR) is 61.1 cm³/mol. The molecule has 0 atom stereocenters. The van der Waals surface area contributed by atoms with Gasteiger partial charge in [0.05, 0.1) is 6.20 Å². The summed E-state index contributed by atoms with van der Waals surface area (Å²) in [4.78, 5) is 0. The molecule has 0 saturated carbocycles. The molecule has 0 amide bonds. The lowest BCUT2D eigenvalue weighted by Gasteiger charge is -2.02. The summed E-state index contributed by atoms with van der Waals surface area (Å²) < 4.78 is 1.77. The maximum absolute atomic E-state index is 4.19. The molecular weight excluding hydrogens is 200 g/mol. The second kappa shape index (κ2) is 3.66. The van der Waals surface area contributed by atoms with Gasteiger partial charge in [-0.3, -0.25) is 5.10 Å². The van der Waals surface area contributed by atoms with E-state index in [1.54, 1.807) is 10.9 Å². The Hall–Kier alpha value is -2.36. The minimum absolute atomic E-state index is 0.885. The van der Waals surface area contributed by atoms with Gasteiger partial charge in [-0.25, -0.2) is 4.68 Å². The van der Waals surface area contributed by atoms with Crippen LogP contribution in [0.15, 0.2) is 55.0 Å². The van der Waals surface area contributed by atoms with Gasteiger partial charge in [0, 0.05) is 18.0 Å². The summed E-state index contributed by atoms with van der Waals surface area (Å²) in [7, 11) is 0. The number of hydrogen-bond acceptors (Lipinski definition) is 2. The van der Waals surface area contributed by atoms with Crippen LogP contribution in [0.1, 0.15) is 0 Å². The fraction of sp³-hybridized carbons (Fsp3) is 0. The lowest BCUT2D eigenvalue weighted by molar-refractivity contribution is 0.837. The third-order valence-corrected chi connectivity index (χ3v) is 2.44. The van der Waals surface area contributed by atoms with Crippen LogP contribution in [0.4, 0.5) is 0 Å². The van der Waals surface area contributed by atoms with Crippen molar-refractivity contribution in [2.75, 3.05) is 0 Å². The van der Waals surface area contributed by atoms with Crippen molar-refractivity contribution in [1.29, 1.82) is 0 Å². The summed E-state index contributed by atoms with van der Waals surface area (Å²) in [6, 6.07) is 12.0. The fourth-order valence-corrected chi connectivity index (χ4v) is 1.68. The zero-order chi connectivity index (χ0) is 10.8. The van der Waals surface area contributed by atoms with Crippen LogP contribution in [0.25, 0.3) is 16.9 Å². The van der Waals surface area contributed by atoms with Crippen molar-refractivity contribution in [3.63, 3.8) is 0 Å². The molecule has 4 nitrogen and oxygen atoms in total. The molecule has 1 aromatic carbocycles. The van der Waals surface area contributed by atoms with Gasteiger partial charge in [0.15, 0.2) is 5.82 Å². The van der Waals surface area contributed by atoms with Gasteiger partial charge in [0.25, 0.3) is 0 Å². The third-order valence-electron chi connectivity index (χ3n) is 2.44. The molecule has 0 aliphatic rings. The standard InChI is InChI=1S/C12H10N4/c1-2-5-10(6-3-1)11-9-13-15-12(11)16-8-4-7-14-16/h1-9H,(H,13,15). The van der Waals surface area contributed by atoms with Gasteiger partial charge in [-0.05, 0) is 11.6 Å². The first-order valence-corrected chi connectivity index (χ1v) is 5.04. The molecule has 0 unspecified atom stereocenters. The highest BCUT2D eigenvalue weighted by Gasteiger charge is 2.08. The summed E-state index contributed by atoms with van der Waals surface area (Å²) in [5, 5.41) is 11.2. The quantitative estimate of drug-likeness (QED) is 0.705. The van der Waals surface area contributed by atoms with Gasteiger partial charge in [0.1, 0.15) is 0 Å². The number of rotatable bonds is 2. The van der Waals surface area contributed by atoms with E-state index in [9.17, 15) is 0 Å².